The zero-order valence-corrected chi connectivity index (χ0v) is 19.9. The van der Waals surface area contributed by atoms with E-state index in [1.54, 1.807) is 0 Å². The molecule has 4 rings (SSSR count). The van der Waals surface area contributed by atoms with Gasteiger partial charge in [-0.05, 0) is 53.9 Å². The van der Waals surface area contributed by atoms with Crippen molar-refractivity contribution in [1.82, 2.24) is 20.2 Å². The van der Waals surface area contributed by atoms with E-state index in [9.17, 15) is 18.0 Å². The Morgan fingerprint density at radius 1 is 1.03 bits per heavy atom. The van der Waals surface area contributed by atoms with Gasteiger partial charge in [0.05, 0.1) is 12.2 Å². The number of nitrogens with one attached hydrogen (secondary N) is 2. The summed E-state index contributed by atoms with van der Waals surface area (Å²) in [6.07, 6.45) is -2.83. The normalized spacial score (nSPS) is 11.4. The van der Waals surface area contributed by atoms with Crippen LogP contribution in [-0.2, 0) is 17.3 Å². The third kappa shape index (κ3) is 6.91. The molecule has 0 bridgehead atoms. The maximum atomic E-state index is 13.7. The molecule has 1 amide bonds. The fourth-order valence-corrected chi connectivity index (χ4v) is 3.57. The number of H-pyrrole nitrogens is 1. The Morgan fingerprint density at radius 2 is 1.84 bits per heavy atom. The predicted octanol–water partition coefficient (Wildman–Crippen LogP) is 5.14. The van der Waals surface area contributed by atoms with E-state index in [-0.39, 0.29) is 35.1 Å². The lowest BCUT2D eigenvalue weighted by molar-refractivity contribution is -0.137. The summed E-state index contributed by atoms with van der Waals surface area (Å²) in [6, 6.07) is 15.8. The highest BCUT2D eigenvalue weighted by atomic mass is 19.4. The zero-order chi connectivity index (χ0) is 26.3. The number of carbonyl (C=O) groups is 1. The number of aromatic amines is 1. The van der Waals surface area contributed by atoms with Crippen LogP contribution in [0.5, 0.6) is 5.75 Å². The van der Waals surface area contributed by atoms with Crippen LogP contribution in [0.15, 0.2) is 66.9 Å². The Hall–Kier alpha value is -4.25. The third-order valence-electron chi connectivity index (χ3n) is 5.27. The number of aromatic nitrogens is 4. The van der Waals surface area contributed by atoms with Crippen molar-refractivity contribution in [3.8, 4) is 16.9 Å². The van der Waals surface area contributed by atoms with Crippen molar-refractivity contribution in [1.29, 1.82) is 0 Å². The van der Waals surface area contributed by atoms with Crippen molar-refractivity contribution in [3.05, 3.63) is 89.6 Å². The topological polar surface area (TPSA) is 102 Å². The molecule has 11 heteroatoms. The van der Waals surface area contributed by atoms with Crippen LogP contribution in [0.3, 0.4) is 0 Å². The fourth-order valence-electron chi connectivity index (χ4n) is 3.57. The van der Waals surface area contributed by atoms with E-state index in [1.807, 2.05) is 37.3 Å². The van der Waals surface area contributed by atoms with Gasteiger partial charge in [-0.3, -0.25) is 4.79 Å². The minimum absolute atomic E-state index is 0.0428. The molecular formula is C26H24F3N5O3. The number of hydrogen-bond donors (Lipinski definition) is 2. The molecule has 0 spiro atoms. The first-order valence-corrected chi connectivity index (χ1v) is 11.5. The molecule has 2 N–H and O–H groups in total. The monoisotopic (exact) mass is 511 g/mol. The number of benzene rings is 2. The van der Waals surface area contributed by atoms with E-state index in [2.05, 4.69) is 25.5 Å². The van der Waals surface area contributed by atoms with Crippen molar-refractivity contribution >= 4 is 11.7 Å². The predicted molar refractivity (Wildman–Crippen MR) is 130 cm³/mol. The van der Waals surface area contributed by atoms with Crippen LogP contribution in [0.1, 0.15) is 34.5 Å². The molecule has 4 aromatic rings. The fraction of sp³-hybridized carbons (Fsp3) is 0.231. The first-order valence-electron chi connectivity index (χ1n) is 11.5. The van der Waals surface area contributed by atoms with Gasteiger partial charge in [0.1, 0.15) is 24.0 Å². The summed E-state index contributed by atoms with van der Waals surface area (Å²) in [6.45, 7) is 2.85. The largest absolute Gasteiger partial charge is 0.491 e. The Kier molecular flexibility index (Phi) is 8.14. The lowest BCUT2D eigenvalue weighted by atomic mass is 9.99. The Balaban J connectivity index is 1.52. The van der Waals surface area contributed by atoms with Crippen molar-refractivity contribution in [2.24, 2.45) is 0 Å². The van der Waals surface area contributed by atoms with Crippen LogP contribution in [0.4, 0.5) is 19.0 Å². The summed E-state index contributed by atoms with van der Waals surface area (Å²) in [5.74, 6) is 0.144. The van der Waals surface area contributed by atoms with Gasteiger partial charge in [-0.15, -0.1) is 10.2 Å². The molecule has 2 aromatic heterocycles. The highest BCUT2D eigenvalue weighted by Gasteiger charge is 2.34. The number of pyridine rings is 1. The molecule has 0 aliphatic heterocycles. The average molecular weight is 512 g/mol. The summed E-state index contributed by atoms with van der Waals surface area (Å²) in [7, 11) is 0. The highest BCUT2D eigenvalue weighted by molar-refractivity contribution is 6.01. The number of rotatable bonds is 10. The van der Waals surface area contributed by atoms with Crippen molar-refractivity contribution < 1.29 is 27.4 Å². The average Bonchev–Trinajstić information content (AvgIpc) is 3.35. The zero-order valence-electron chi connectivity index (χ0n) is 19.9. The van der Waals surface area contributed by atoms with Crippen molar-refractivity contribution in [2.75, 3.05) is 25.1 Å². The van der Waals surface area contributed by atoms with Crippen LogP contribution in [0.2, 0.25) is 0 Å². The maximum absolute atomic E-state index is 13.7. The van der Waals surface area contributed by atoms with Crippen LogP contribution >= 0.6 is 0 Å². The summed E-state index contributed by atoms with van der Waals surface area (Å²) < 4.78 is 52.0. The van der Waals surface area contributed by atoms with E-state index < -0.39 is 17.6 Å². The molecule has 8 nitrogen and oxygen atoms in total. The highest BCUT2D eigenvalue weighted by Crippen LogP contribution is 2.39. The molecule has 0 aliphatic carbocycles. The standard InChI is InChI=1S/C26H24F3N5O3/c1-2-36-12-13-37-19-8-9-21(26(27,28)29)20(16-19)18-10-11-30-22(15-18)32-25(35)24-31-23(33-34-24)14-17-6-4-3-5-7-17/h3-11,15-16H,2,12-14H2,1H3,(H,30,32,35)(H,31,33,34). The molecular weight excluding hydrogens is 487 g/mol. The maximum Gasteiger partial charge on any atom is 0.417 e. The van der Waals surface area contributed by atoms with E-state index >= 15 is 0 Å². The van der Waals surface area contributed by atoms with E-state index in [0.717, 1.165) is 11.6 Å². The number of ether oxygens (including phenoxy) is 2. The first kappa shape index (κ1) is 25.8. The summed E-state index contributed by atoms with van der Waals surface area (Å²) in [5, 5.41) is 10.4. The minimum Gasteiger partial charge on any atom is -0.491 e. The van der Waals surface area contributed by atoms with Gasteiger partial charge in [0.25, 0.3) is 5.91 Å². The van der Waals surface area contributed by atoms with Gasteiger partial charge in [0.2, 0.25) is 5.82 Å². The number of hydrogen-bond acceptors (Lipinski definition) is 6. The van der Waals surface area contributed by atoms with Crippen molar-refractivity contribution in [3.63, 3.8) is 0 Å². The molecule has 2 heterocycles. The Labute approximate surface area is 210 Å². The molecule has 0 saturated carbocycles. The molecule has 0 fully saturated rings. The molecule has 0 atom stereocenters. The second-order valence-electron chi connectivity index (χ2n) is 7.92. The smallest absolute Gasteiger partial charge is 0.417 e. The first-order chi connectivity index (χ1) is 17.8. The summed E-state index contributed by atoms with van der Waals surface area (Å²) in [5.41, 5.74) is 0.248. The van der Waals surface area contributed by atoms with E-state index in [1.165, 1.54) is 30.5 Å². The number of nitrogens with zero attached hydrogens (tertiary/aromatic N) is 3. The van der Waals surface area contributed by atoms with Gasteiger partial charge in [-0.2, -0.15) is 13.2 Å². The number of amides is 1. The lowest BCUT2D eigenvalue weighted by Crippen LogP contribution is -2.15. The van der Waals surface area contributed by atoms with Crippen LogP contribution in [-0.4, -0.2) is 45.9 Å². The molecule has 2 aromatic carbocycles. The Bertz CT molecular complexity index is 1340. The minimum atomic E-state index is -4.60. The van der Waals surface area contributed by atoms with Crippen LogP contribution < -0.4 is 10.1 Å². The van der Waals surface area contributed by atoms with Gasteiger partial charge in [0.15, 0.2) is 0 Å². The second-order valence-corrected chi connectivity index (χ2v) is 7.92. The van der Waals surface area contributed by atoms with Crippen LogP contribution in [0.25, 0.3) is 11.1 Å². The van der Waals surface area contributed by atoms with Gasteiger partial charge >= 0.3 is 6.18 Å². The second kappa shape index (κ2) is 11.7. The Morgan fingerprint density at radius 3 is 2.59 bits per heavy atom. The van der Waals surface area contributed by atoms with Crippen LogP contribution in [0, 0.1) is 0 Å². The molecule has 37 heavy (non-hydrogen) atoms. The molecule has 192 valence electrons. The third-order valence-corrected chi connectivity index (χ3v) is 5.27. The van der Waals surface area contributed by atoms with Crippen molar-refractivity contribution in [2.45, 2.75) is 19.5 Å². The lowest BCUT2D eigenvalue weighted by Gasteiger charge is -2.16. The van der Waals surface area contributed by atoms with Gasteiger partial charge in [0, 0.05) is 19.2 Å². The summed E-state index contributed by atoms with van der Waals surface area (Å²) >= 11 is 0. The number of carbonyl (C=O) groups excluding carboxylic acids is 1. The molecule has 0 saturated heterocycles. The van der Waals surface area contributed by atoms with E-state index in [4.69, 9.17) is 9.47 Å². The number of anilines is 1. The molecule has 0 aliphatic rings. The van der Waals surface area contributed by atoms with Gasteiger partial charge in [-0.25, -0.2) is 4.98 Å². The van der Waals surface area contributed by atoms with E-state index in [0.29, 0.717) is 25.5 Å². The molecule has 0 unspecified atom stereocenters. The summed E-state index contributed by atoms with van der Waals surface area (Å²) in [4.78, 5) is 19.6. The van der Waals surface area contributed by atoms with Gasteiger partial charge in [-0.1, -0.05) is 30.3 Å². The van der Waals surface area contributed by atoms with Gasteiger partial charge < -0.3 is 19.8 Å². The molecule has 0 radical (unpaired) electrons. The SMILES string of the molecule is CCOCCOc1ccc(C(F)(F)F)c(-c2ccnc(NC(=O)c3nnc(Cc4ccccc4)[nH]3)c2)c1. The number of alkyl halides is 3. The quantitative estimate of drug-likeness (QED) is 0.286. The number of halogens is 3.